The highest BCUT2D eigenvalue weighted by Gasteiger charge is 2.28. The highest BCUT2D eigenvalue weighted by atomic mass is 35.5. The second-order valence-electron chi connectivity index (χ2n) is 7.24. The number of benzene rings is 2. The van der Waals surface area contributed by atoms with E-state index in [1.165, 1.54) is 24.3 Å². The predicted molar refractivity (Wildman–Crippen MR) is 132 cm³/mol. The number of halogens is 2. The molecule has 0 radical (unpaired) electrons. The molecule has 0 aliphatic carbocycles. The van der Waals surface area contributed by atoms with Crippen molar-refractivity contribution in [3.63, 3.8) is 0 Å². The van der Waals surface area contributed by atoms with Crippen LogP contribution in [0.3, 0.4) is 0 Å². The van der Waals surface area contributed by atoms with Gasteiger partial charge in [-0.15, -0.1) is 0 Å². The van der Waals surface area contributed by atoms with E-state index in [9.17, 15) is 22.9 Å². The van der Waals surface area contributed by atoms with Gasteiger partial charge in [-0.3, -0.25) is 9.10 Å². The fourth-order valence-corrected chi connectivity index (χ4v) is 6.09. The van der Waals surface area contributed by atoms with Crippen molar-refractivity contribution >= 4 is 67.0 Å². The minimum Gasteiger partial charge on any atom is -0.612 e. The van der Waals surface area contributed by atoms with E-state index in [2.05, 4.69) is 4.98 Å². The van der Waals surface area contributed by atoms with Crippen molar-refractivity contribution in [2.24, 2.45) is 0 Å². The van der Waals surface area contributed by atoms with Gasteiger partial charge in [-0.05, 0) is 53.6 Å². The molecule has 2 aromatic carbocycles. The molecule has 0 bridgehead atoms. The first-order chi connectivity index (χ1) is 16.1. The molecule has 0 aliphatic rings. The Morgan fingerprint density at radius 1 is 1.12 bits per heavy atom. The summed E-state index contributed by atoms with van der Waals surface area (Å²) in [7, 11) is -4.29. The summed E-state index contributed by atoms with van der Waals surface area (Å²) in [5.74, 6) is -0.790. The van der Waals surface area contributed by atoms with E-state index < -0.39 is 33.7 Å². The largest absolute Gasteiger partial charge is 0.612 e. The van der Waals surface area contributed by atoms with E-state index in [1.807, 2.05) is 0 Å². The fourth-order valence-electron chi connectivity index (χ4n) is 3.44. The highest BCUT2D eigenvalue weighted by molar-refractivity contribution is 7.93. The van der Waals surface area contributed by atoms with Crippen LogP contribution in [-0.4, -0.2) is 46.4 Å². The lowest BCUT2D eigenvalue weighted by Gasteiger charge is -2.23. The Morgan fingerprint density at radius 3 is 2.47 bits per heavy atom. The molecule has 176 valence electrons. The first kappa shape index (κ1) is 24.4. The number of pyridine rings is 1. The molecule has 0 fully saturated rings. The van der Waals surface area contributed by atoms with Crippen LogP contribution < -0.4 is 4.31 Å². The molecule has 1 N–H and O–H groups in total. The Labute approximate surface area is 208 Å². The van der Waals surface area contributed by atoms with E-state index in [0.717, 1.165) is 4.31 Å². The Bertz CT molecular complexity index is 1490. The quantitative estimate of drug-likeness (QED) is 0.350. The zero-order valence-electron chi connectivity index (χ0n) is 17.6. The van der Waals surface area contributed by atoms with Gasteiger partial charge in [0, 0.05) is 40.0 Å². The molecule has 34 heavy (non-hydrogen) atoms. The number of anilines is 1. The van der Waals surface area contributed by atoms with E-state index in [1.54, 1.807) is 53.5 Å². The summed E-state index contributed by atoms with van der Waals surface area (Å²) < 4.78 is 41.1. The van der Waals surface area contributed by atoms with E-state index in [4.69, 9.17) is 23.2 Å². The van der Waals surface area contributed by atoms with Gasteiger partial charge in [-0.25, -0.2) is 13.4 Å². The molecular weight excluding hydrogens is 521 g/mol. The van der Waals surface area contributed by atoms with Crippen LogP contribution >= 0.6 is 23.2 Å². The predicted octanol–water partition coefficient (Wildman–Crippen LogP) is 4.35. The zero-order valence-corrected chi connectivity index (χ0v) is 20.7. The Balaban J connectivity index is 1.80. The van der Waals surface area contributed by atoms with Gasteiger partial charge in [0.05, 0.1) is 16.1 Å². The summed E-state index contributed by atoms with van der Waals surface area (Å²) in [5, 5.41) is 10.3. The van der Waals surface area contributed by atoms with Crippen LogP contribution in [0.2, 0.25) is 10.0 Å². The summed E-state index contributed by atoms with van der Waals surface area (Å²) in [4.78, 5) is 16.3. The third-order valence-electron chi connectivity index (χ3n) is 4.96. The zero-order chi connectivity index (χ0) is 24.6. The van der Waals surface area contributed by atoms with Crippen LogP contribution in [-0.2, 0) is 26.0 Å². The fraction of sp³-hybridized carbons (Fsp3) is 0.0909. The molecule has 8 nitrogen and oxygen atoms in total. The number of carbonyl (C=O) groups is 1. The van der Waals surface area contributed by atoms with Gasteiger partial charge in [0.1, 0.15) is 18.6 Å². The van der Waals surface area contributed by atoms with Gasteiger partial charge in [-0.2, -0.15) is 0 Å². The molecule has 4 aromatic rings. The molecule has 0 spiro atoms. The second kappa shape index (κ2) is 9.47. The summed E-state index contributed by atoms with van der Waals surface area (Å²) in [5.41, 5.74) is 0.855. The van der Waals surface area contributed by atoms with Crippen LogP contribution in [0.25, 0.3) is 16.7 Å². The van der Waals surface area contributed by atoms with Crippen molar-refractivity contribution in [3.8, 4) is 5.82 Å². The SMILES string of the molecule is C[S+]([O-])c1ccnc(-n2ccc3cc(N(CC(=O)O)S(=O)(=O)c4cc(Cl)cc(Cl)c4)ccc32)c1. The minimum atomic E-state index is -4.29. The van der Waals surface area contributed by atoms with Crippen LogP contribution in [0.5, 0.6) is 0 Å². The topological polar surface area (TPSA) is 116 Å². The number of carboxylic acids is 1. The number of hydrogen-bond acceptors (Lipinski definition) is 5. The maximum absolute atomic E-state index is 13.3. The number of aromatic nitrogens is 2. The third kappa shape index (κ3) is 4.86. The molecule has 2 aromatic heterocycles. The van der Waals surface area contributed by atoms with Crippen LogP contribution in [0.15, 0.2) is 76.8 Å². The van der Waals surface area contributed by atoms with Crippen LogP contribution in [0.4, 0.5) is 5.69 Å². The van der Waals surface area contributed by atoms with E-state index in [-0.39, 0.29) is 20.6 Å². The Kier molecular flexibility index (Phi) is 6.79. The van der Waals surface area contributed by atoms with Crippen molar-refractivity contribution in [1.82, 2.24) is 9.55 Å². The van der Waals surface area contributed by atoms with Crippen LogP contribution in [0, 0.1) is 0 Å². The summed E-state index contributed by atoms with van der Waals surface area (Å²) in [6, 6.07) is 13.7. The van der Waals surface area contributed by atoms with Crippen molar-refractivity contribution in [2.75, 3.05) is 17.1 Å². The summed E-state index contributed by atoms with van der Waals surface area (Å²) >= 11 is 10.8. The van der Waals surface area contributed by atoms with Crippen molar-refractivity contribution in [3.05, 3.63) is 77.0 Å². The van der Waals surface area contributed by atoms with E-state index in [0.29, 0.717) is 21.6 Å². The molecule has 0 saturated carbocycles. The van der Waals surface area contributed by atoms with Gasteiger partial charge in [0.2, 0.25) is 0 Å². The number of carboxylic acid groups (broad SMARTS) is 1. The Hall–Kier alpha value is -2.76. The molecular formula is C22H17Cl2N3O5S2. The van der Waals surface area contributed by atoms with Crippen molar-refractivity contribution in [1.29, 1.82) is 0 Å². The molecule has 0 amide bonds. The normalized spacial score (nSPS) is 12.6. The van der Waals surface area contributed by atoms with Gasteiger partial charge in [0.15, 0.2) is 4.90 Å². The lowest BCUT2D eigenvalue weighted by atomic mass is 10.2. The first-order valence-corrected chi connectivity index (χ1v) is 13.4. The molecule has 1 atom stereocenters. The smallest absolute Gasteiger partial charge is 0.324 e. The lowest BCUT2D eigenvalue weighted by Crippen LogP contribution is -2.35. The second-order valence-corrected chi connectivity index (χ2v) is 11.4. The van der Waals surface area contributed by atoms with Gasteiger partial charge < -0.3 is 14.2 Å². The minimum absolute atomic E-state index is 0.108. The number of fused-ring (bicyclic) bond motifs is 1. The Morgan fingerprint density at radius 2 is 1.82 bits per heavy atom. The van der Waals surface area contributed by atoms with Crippen molar-refractivity contribution in [2.45, 2.75) is 9.79 Å². The number of sulfonamides is 1. The average Bonchev–Trinajstić information content (AvgIpc) is 3.20. The van der Waals surface area contributed by atoms with Crippen LogP contribution in [0.1, 0.15) is 0 Å². The number of hydrogen-bond donors (Lipinski definition) is 1. The van der Waals surface area contributed by atoms with Gasteiger partial charge in [0.25, 0.3) is 10.0 Å². The van der Waals surface area contributed by atoms with Crippen molar-refractivity contribution < 1.29 is 22.9 Å². The van der Waals surface area contributed by atoms with Gasteiger partial charge >= 0.3 is 5.97 Å². The molecule has 12 heteroatoms. The number of rotatable bonds is 7. The van der Waals surface area contributed by atoms with E-state index >= 15 is 0 Å². The molecule has 0 aliphatic heterocycles. The number of aliphatic carboxylic acids is 1. The monoisotopic (exact) mass is 537 g/mol. The molecule has 0 saturated heterocycles. The summed E-state index contributed by atoms with van der Waals surface area (Å²) in [6.45, 7) is -0.801. The molecule has 1 unspecified atom stereocenters. The maximum Gasteiger partial charge on any atom is 0.324 e. The molecule has 2 heterocycles. The standard InChI is InChI=1S/C22H17Cl2N3O5S2/c1-33(30)18-4-6-25-21(12-18)26-7-5-14-8-17(2-3-20(14)26)27(13-22(28)29)34(31,32)19-10-15(23)9-16(24)11-19/h2-12H,13H2,1H3,(H,28,29). The third-order valence-corrected chi connectivity index (χ3v) is 8.07. The molecule has 4 rings (SSSR count). The highest BCUT2D eigenvalue weighted by Crippen LogP contribution is 2.31. The average molecular weight is 538 g/mol. The summed E-state index contributed by atoms with van der Waals surface area (Å²) in [6.07, 6.45) is 4.87. The first-order valence-electron chi connectivity index (χ1n) is 9.68. The maximum atomic E-state index is 13.3. The van der Waals surface area contributed by atoms with Gasteiger partial charge in [-0.1, -0.05) is 23.2 Å². The lowest BCUT2D eigenvalue weighted by molar-refractivity contribution is -0.135. The number of nitrogens with zero attached hydrogens (tertiary/aromatic N) is 3.